The summed E-state index contributed by atoms with van der Waals surface area (Å²) in [4.78, 5) is 17.2. The predicted octanol–water partition coefficient (Wildman–Crippen LogP) is 5.70. The number of fused-ring (bicyclic) bond motifs is 1. The maximum absolute atomic E-state index is 12.8. The molecule has 1 heterocycles. The Morgan fingerprint density at radius 2 is 1.79 bits per heavy atom. The summed E-state index contributed by atoms with van der Waals surface area (Å²) in [5.74, 6) is -0.0975. The summed E-state index contributed by atoms with van der Waals surface area (Å²) in [5.41, 5.74) is 4.80. The van der Waals surface area contributed by atoms with Crippen molar-refractivity contribution in [2.24, 2.45) is 0 Å². The first-order chi connectivity index (χ1) is 13.9. The highest BCUT2D eigenvalue weighted by Crippen LogP contribution is 2.33. The van der Waals surface area contributed by atoms with Crippen LogP contribution < -0.4 is 9.80 Å². The number of hydrogen-bond donors (Lipinski definition) is 1. The van der Waals surface area contributed by atoms with Crippen molar-refractivity contribution in [3.05, 3.63) is 65.9 Å². The number of nitrogens with zero attached hydrogens (tertiary/aromatic N) is 2. The Morgan fingerprint density at radius 3 is 2.55 bits per heavy atom. The molecule has 0 spiro atoms. The second-order valence-corrected chi connectivity index (χ2v) is 8.70. The topological polar surface area (TPSA) is 42.0 Å². The molecule has 1 amide bonds. The first-order valence-electron chi connectivity index (χ1n) is 10.6. The summed E-state index contributed by atoms with van der Waals surface area (Å²) in [5, 5.41) is 4.01. The van der Waals surface area contributed by atoms with Crippen molar-refractivity contribution >= 4 is 28.2 Å². The number of amides is 1. The minimum atomic E-state index is -0.0975. The molecule has 0 unspecified atom stereocenters. The van der Waals surface area contributed by atoms with Gasteiger partial charge in [-0.1, -0.05) is 24.6 Å². The van der Waals surface area contributed by atoms with Gasteiger partial charge >= 0.3 is 0 Å². The van der Waals surface area contributed by atoms with Gasteiger partial charge in [0.15, 0.2) is 0 Å². The number of pyridine rings is 1. The fourth-order valence-electron chi connectivity index (χ4n) is 4.71. The third-order valence-corrected chi connectivity index (χ3v) is 6.42. The van der Waals surface area contributed by atoms with Crippen molar-refractivity contribution < 1.29 is 4.79 Å². The Kier molecular flexibility index (Phi) is 5.37. The molecule has 3 aromatic rings. The van der Waals surface area contributed by atoms with E-state index in [1.807, 2.05) is 42.5 Å². The highest BCUT2D eigenvalue weighted by atomic mass is 16.1. The van der Waals surface area contributed by atoms with Gasteiger partial charge in [0.05, 0.1) is 37.5 Å². The summed E-state index contributed by atoms with van der Waals surface area (Å²) in [6, 6.07) is 16.6. The number of anilines is 1. The van der Waals surface area contributed by atoms with Gasteiger partial charge in [-0.25, -0.2) is 0 Å². The molecule has 1 saturated carbocycles. The van der Waals surface area contributed by atoms with Gasteiger partial charge in [-0.2, -0.15) is 0 Å². The maximum atomic E-state index is 12.8. The minimum absolute atomic E-state index is 0.0975. The lowest BCUT2D eigenvalue weighted by atomic mass is 9.92. The average Bonchev–Trinajstić information content (AvgIpc) is 2.74. The Morgan fingerprint density at radius 1 is 1.03 bits per heavy atom. The Bertz CT molecular complexity index is 1040. The van der Waals surface area contributed by atoms with Crippen molar-refractivity contribution in [2.45, 2.75) is 45.1 Å². The van der Waals surface area contributed by atoms with Gasteiger partial charge < -0.3 is 5.32 Å². The number of aromatic nitrogens is 1. The number of benzene rings is 2. The number of rotatable bonds is 4. The molecular formula is C25H30N3O+. The zero-order valence-corrected chi connectivity index (χ0v) is 17.6. The SMILES string of the molecule is Cc1cc(C(=O)Nc2cnc3ccccc3c2)ccc1[N+](C)(C)C1CCCCC1. The van der Waals surface area contributed by atoms with E-state index in [0.29, 0.717) is 17.3 Å². The van der Waals surface area contributed by atoms with E-state index < -0.39 is 0 Å². The third kappa shape index (κ3) is 4.03. The van der Waals surface area contributed by atoms with Crippen LogP contribution in [0.5, 0.6) is 0 Å². The summed E-state index contributed by atoms with van der Waals surface area (Å²) in [6.45, 7) is 2.12. The molecule has 0 atom stereocenters. The van der Waals surface area contributed by atoms with Crippen molar-refractivity contribution in [1.29, 1.82) is 0 Å². The summed E-state index contributed by atoms with van der Waals surface area (Å²) < 4.78 is 0.891. The van der Waals surface area contributed by atoms with E-state index in [1.54, 1.807) is 6.20 Å². The Labute approximate surface area is 173 Å². The molecule has 1 aliphatic rings. The van der Waals surface area contributed by atoms with Gasteiger partial charge in [0, 0.05) is 22.6 Å². The van der Waals surface area contributed by atoms with Crippen LogP contribution in [0.15, 0.2) is 54.7 Å². The van der Waals surface area contributed by atoms with Gasteiger partial charge in [0.1, 0.15) is 5.69 Å². The number of quaternary nitrogens is 1. The number of hydrogen-bond acceptors (Lipinski definition) is 2. The predicted molar refractivity (Wildman–Crippen MR) is 121 cm³/mol. The van der Waals surface area contributed by atoms with Gasteiger partial charge in [-0.15, -0.1) is 0 Å². The standard InChI is InChI=1S/C25H29N3O/c1-18-15-20(13-14-24(18)28(2,3)22-10-5-4-6-11-22)25(29)27-21-16-19-9-7-8-12-23(19)26-17-21/h7-9,12-17,22H,4-6,10-11H2,1-3H3/p+1. The number of para-hydroxylation sites is 1. The minimum Gasteiger partial charge on any atom is -0.321 e. The second-order valence-electron chi connectivity index (χ2n) is 8.70. The molecule has 1 aliphatic carbocycles. The molecule has 1 fully saturated rings. The number of carbonyl (C=O) groups is 1. The molecule has 0 saturated heterocycles. The van der Waals surface area contributed by atoms with E-state index in [4.69, 9.17) is 0 Å². The fraction of sp³-hybridized carbons (Fsp3) is 0.360. The first-order valence-corrected chi connectivity index (χ1v) is 10.6. The molecule has 4 heteroatoms. The normalized spacial score (nSPS) is 15.4. The Balaban J connectivity index is 1.54. The molecule has 29 heavy (non-hydrogen) atoms. The van der Waals surface area contributed by atoms with E-state index >= 15 is 0 Å². The quantitative estimate of drug-likeness (QED) is 0.583. The lowest BCUT2D eigenvalue weighted by Gasteiger charge is -2.40. The van der Waals surface area contributed by atoms with E-state index in [1.165, 1.54) is 43.4 Å². The van der Waals surface area contributed by atoms with Crippen molar-refractivity contribution in [3.8, 4) is 0 Å². The molecule has 1 N–H and O–H groups in total. The van der Waals surface area contributed by atoms with E-state index in [-0.39, 0.29) is 5.91 Å². The third-order valence-electron chi connectivity index (χ3n) is 6.42. The maximum Gasteiger partial charge on any atom is 0.255 e. The summed E-state index contributed by atoms with van der Waals surface area (Å²) in [6.07, 6.45) is 8.29. The molecule has 4 nitrogen and oxygen atoms in total. The largest absolute Gasteiger partial charge is 0.321 e. The summed E-state index contributed by atoms with van der Waals surface area (Å²) >= 11 is 0. The molecule has 0 bridgehead atoms. The van der Waals surface area contributed by atoms with Crippen LogP contribution in [0.1, 0.15) is 48.0 Å². The van der Waals surface area contributed by atoms with E-state index in [9.17, 15) is 4.79 Å². The van der Waals surface area contributed by atoms with Gasteiger partial charge in [0.2, 0.25) is 0 Å². The van der Waals surface area contributed by atoms with Crippen molar-refractivity contribution in [2.75, 3.05) is 19.4 Å². The molecule has 0 radical (unpaired) electrons. The fourth-order valence-corrected chi connectivity index (χ4v) is 4.71. The molecular weight excluding hydrogens is 358 g/mol. The highest BCUT2D eigenvalue weighted by Gasteiger charge is 2.33. The smallest absolute Gasteiger partial charge is 0.255 e. The highest BCUT2D eigenvalue weighted by molar-refractivity contribution is 6.05. The number of nitrogens with one attached hydrogen (secondary N) is 1. The molecule has 4 rings (SSSR count). The van der Waals surface area contributed by atoms with Gasteiger partial charge in [0.25, 0.3) is 5.91 Å². The number of aryl methyl sites for hydroxylation is 1. The monoisotopic (exact) mass is 388 g/mol. The van der Waals surface area contributed by atoms with E-state index in [2.05, 4.69) is 37.4 Å². The lowest BCUT2D eigenvalue weighted by Crippen LogP contribution is -2.51. The van der Waals surface area contributed by atoms with Gasteiger partial charge in [-0.3, -0.25) is 14.3 Å². The van der Waals surface area contributed by atoms with Crippen molar-refractivity contribution in [1.82, 2.24) is 9.47 Å². The van der Waals surface area contributed by atoms with Crippen molar-refractivity contribution in [3.63, 3.8) is 0 Å². The van der Waals surface area contributed by atoms with Crippen LogP contribution in [0.3, 0.4) is 0 Å². The van der Waals surface area contributed by atoms with Crippen LogP contribution in [0.2, 0.25) is 0 Å². The first kappa shape index (κ1) is 19.6. The van der Waals surface area contributed by atoms with E-state index in [0.717, 1.165) is 15.4 Å². The molecule has 0 aliphatic heterocycles. The van der Waals surface area contributed by atoms with Gasteiger partial charge in [-0.05, 0) is 56.9 Å². The summed E-state index contributed by atoms with van der Waals surface area (Å²) in [7, 11) is 4.61. The van der Waals surface area contributed by atoms with Crippen LogP contribution in [-0.2, 0) is 0 Å². The van der Waals surface area contributed by atoms with Crippen LogP contribution in [0.4, 0.5) is 11.4 Å². The molecule has 2 aromatic carbocycles. The number of carbonyl (C=O) groups excluding carboxylic acids is 1. The zero-order chi connectivity index (χ0) is 20.4. The Hall–Kier alpha value is -2.72. The second kappa shape index (κ2) is 7.96. The lowest BCUT2D eigenvalue weighted by molar-refractivity contribution is 0.102. The van der Waals surface area contributed by atoms with Crippen LogP contribution in [-0.4, -0.2) is 31.0 Å². The average molecular weight is 389 g/mol. The van der Waals surface area contributed by atoms with Crippen LogP contribution in [0.25, 0.3) is 10.9 Å². The molecule has 1 aromatic heterocycles. The zero-order valence-electron chi connectivity index (χ0n) is 17.6. The van der Waals surface area contributed by atoms with Crippen LogP contribution >= 0.6 is 0 Å². The van der Waals surface area contributed by atoms with Crippen LogP contribution in [0, 0.1) is 6.92 Å². The molecule has 150 valence electrons.